The molecular weight excluding hydrogens is 247 g/mol. The van der Waals surface area contributed by atoms with Crippen LogP contribution in [0.4, 0.5) is 4.53 Å². The van der Waals surface area contributed by atoms with Gasteiger partial charge in [0, 0.05) is 16.9 Å². The van der Waals surface area contributed by atoms with Gasteiger partial charge < -0.3 is 4.40 Å². The Labute approximate surface area is 103 Å². The zero-order valence-electron chi connectivity index (χ0n) is 9.70. The predicted molar refractivity (Wildman–Crippen MR) is 62.8 cm³/mol. The Morgan fingerprint density at radius 2 is 2.18 bits per heavy atom. The zero-order chi connectivity index (χ0) is 13.0. The molecule has 0 unspecified atom stereocenters. The molecule has 4 nitrogen and oxygen atoms in total. The van der Waals surface area contributed by atoms with Crippen molar-refractivity contribution in [3.05, 3.63) is 34.7 Å². The van der Waals surface area contributed by atoms with E-state index in [0.717, 1.165) is 5.56 Å². The molecule has 17 heavy (non-hydrogen) atoms. The predicted octanol–water partition coefficient (Wildman–Crippen LogP) is 3.36. The van der Waals surface area contributed by atoms with E-state index in [-0.39, 0.29) is 5.69 Å². The van der Waals surface area contributed by atoms with Crippen LogP contribution in [-0.4, -0.2) is 15.4 Å². The lowest BCUT2D eigenvalue weighted by atomic mass is 10.3. The SMILES string of the molecule is CC.Cc1ccn2cc(C(=O)OF)nc2c1Cl. The van der Waals surface area contributed by atoms with E-state index in [9.17, 15) is 9.32 Å². The van der Waals surface area contributed by atoms with Crippen molar-refractivity contribution in [3.8, 4) is 0 Å². The summed E-state index contributed by atoms with van der Waals surface area (Å²) in [6.07, 6.45) is 3.03. The Balaban J connectivity index is 0.000000686. The number of pyridine rings is 1. The lowest BCUT2D eigenvalue weighted by Crippen LogP contribution is -1.98. The summed E-state index contributed by atoms with van der Waals surface area (Å²) >= 11 is 5.96. The second kappa shape index (κ2) is 5.63. The van der Waals surface area contributed by atoms with Crippen LogP contribution in [0, 0.1) is 6.92 Å². The molecule has 2 aromatic heterocycles. The molecule has 0 amide bonds. The summed E-state index contributed by atoms with van der Waals surface area (Å²) < 4.78 is 13.2. The quantitative estimate of drug-likeness (QED) is 0.788. The summed E-state index contributed by atoms with van der Waals surface area (Å²) in [6, 6.07) is 1.77. The van der Waals surface area contributed by atoms with Gasteiger partial charge in [0.15, 0.2) is 11.3 Å². The maximum atomic E-state index is 11.6. The van der Waals surface area contributed by atoms with E-state index in [1.54, 1.807) is 12.3 Å². The smallest absolute Gasteiger partial charge is 0.305 e. The molecule has 0 aliphatic heterocycles. The van der Waals surface area contributed by atoms with Gasteiger partial charge in [-0.2, -0.15) is 0 Å². The molecule has 6 heteroatoms. The summed E-state index contributed by atoms with van der Waals surface area (Å²) in [6.45, 7) is 5.81. The van der Waals surface area contributed by atoms with Crippen molar-refractivity contribution >= 4 is 23.2 Å². The van der Waals surface area contributed by atoms with E-state index < -0.39 is 5.97 Å². The third-order valence-corrected chi connectivity index (χ3v) is 2.51. The number of halogens is 2. The van der Waals surface area contributed by atoms with Crippen LogP contribution in [0.5, 0.6) is 0 Å². The average Bonchev–Trinajstić information content (AvgIpc) is 2.80. The molecule has 0 aliphatic rings. The second-order valence-corrected chi connectivity index (χ2v) is 3.41. The molecule has 0 fully saturated rings. The number of aryl methyl sites for hydroxylation is 1. The monoisotopic (exact) mass is 258 g/mol. The first-order valence-electron chi connectivity index (χ1n) is 5.10. The average molecular weight is 259 g/mol. The van der Waals surface area contributed by atoms with Gasteiger partial charge in [-0.3, -0.25) is 0 Å². The maximum absolute atomic E-state index is 11.6. The van der Waals surface area contributed by atoms with Crippen LogP contribution in [0.3, 0.4) is 0 Å². The molecule has 92 valence electrons. The minimum atomic E-state index is -1.13. The van der Waals surface area contributed by atoms with Gasteiger partial charge in [0.25, 0.3) is 0 Å². The first-order chi connectivity index (χ1) is 8.13. The Kier molecular flexibility index (Phi) is 4.45. The number of carbonyl (C=O) groups is 1. The largest absolute Gasteiger partial charge is 0.399 e. The molecule has 0 aliphatic carbocycles. The van der Waals surface area contributed by atoms with E-state index in [2.05, 4.69) is 9.93 Å². The second-order valence-electron chi connectivity index (χ2n) is 3.03. The molecule has 0 radical (unpaired) electrons. The number of hydrogen-bond donors (Lipinski definition) is 0. The zero-order valence-corrected chi connectivity index (χ0v) is 10.5. The van der Waals surface area contributed by atoms with Crippen molar-refractivity contribution in [3.63, 3.8) is 0 Å². The highest BCUT2D eigenvalue weighted by Gasteiger charge is 2.14. The number of aromatic nitrogens is 2. The minimum absolute atomic E-state index is 0.120. The van der Waals surface area contributed by atoms with E-state index in [0.29, 0.717) is 10.7 Å². The van der Waals surface area contributed by atoms with Crippen LogP contribution in [0.15, 0.2) is 18.5 Å². The number of hydrogen-bond acceptors (Lipinski definition) is 3. The topological polar surface area (TPSA) is 43.6 Å². The summed E-state index contributed by atoms with van der Waals surface area (Å²) in [5, 5.41) is 0.426. The first-order valence-corrected chi connectivity index (χ1v) is 5.48. The van der Waals surface area contributed by atoms with E-state index in [1.165, 1.54) is 10.6 Å². The Morgan fingerprint density at radius 3 is 2.76 bits per heavy atom. The fourth-order valence-electron chi connectivity index (χ4n) is 1.25. The van der Waals surface area contributed by atoms with Gasteiger partial charge in [-0.05, 0) is 18.6 Å². The highest BCUT2D eigenvalue weighted by molar-refractivity contribution is 6.34. The molecule has 0 bridgehead atoms. The molecule has 0 saturated carbocycles. The molecular formula is C11H12ClFN2O2. The van der Waals surface area contributed by atoms with Crippen LogP contribution in [0.1, 0.15) is 29.9 Å². The Bertz CT molecular complexity index is 539. The highest BCUT2D eigenvalue weighted by Crippen LogP contribution is 2.21. The fraction of sp³-hybridized carbons (Fsp3) is 0.273. The van der Waals surface area contributed by atoms with Crippen LogP contribution < -0.4 is 0 Å². The van der Waals surface area contributed by atoms with E-state index in [1.807, 2.05) is 20.8 Å². The highest BCUT2D eigenvalue weighted by atomic mass is 35.5. The number of carbonyl (C=O) groups excluding carboxylic acids is 1. The molecule has 0 aromatic carbocycles. The fourth-order valence-corrected chi connectivity index (χ4v) is 1.45. The van der Waals surface area contributed by atoms with Crippen molar-refractivity contribution < 1.29 is 14.3 Å². The first kappa shape index (κ1) is 13.4. The van der Waals surface area contributed by atoms with Crippen LogP contribution >= 0.6 is 11.6 Å². The summed E-state index contributed by atoms with van der Waals surface area (Å²) in [5.74, 6) is -1.13. The molecule has 2 heterocycles. The van der Waals surface area contributed by atoms with Gasteiger partial charge >= 0.3 is 5.97 Å². The molecule has 0 spiro atoms. The van der Waals surface area contributed by atoms with Crippen LogP contribution in [-0.2, 0) is 4.94 Å². The minimum Gasteiger partial charge on any atom is -0.305 e. The molecule has 0 saturated heterocycles. The van der Waals surface area contributed by atoms with Crippen molar-refractivity contribution in [2.75, 3.05) is 0 Å². The number of rotatable bonds is 1. The van der Waals surface area contributed by atoms with Gasteiger partial charge in [0.05, 0.1) is 5.02 Å². The maximum Gasteiger partial charge on any atom is 0.399 e. The summed E-state index contributed by atoms with van der Waals surface area (Å²) in [4.78, 5) is 17.8. The van der Waals surface area contributed by atoms with Crippen molar-refractivity contribution in [2.24, 2.45) is 0 Å². The van der Waals surface area contributed by atoms with Gasteiger partial charge in [-0.25, -0.2) is 14.7 Å². The molecule has 2 rings (SSSR count). The van der Waals surface area contributed by atoms with Crippen molar-refractivity contribution in [1.29, 1.82) is 0 Å². The van der Waals surface area contributed by atoms with Crippen LogP contribution in [0.25, 0.3) is 5.65 Å². The van der Waals surface area contributed by atoms with E-state index >= 15 is 0 Å². The number of nitrogens with zero attached hydrogens (tertiary/aromatic N) is 2. The number of imidazole rings is 1. The van der Waals surface area contributed by atoms with E-state index in [4.69, 9.17) is 11.6 Å². The Hall–Kier alpha value is -1.62. The summed E-state index contributed by atoms with van der Waals surface area (Å²) in [5.41, 5.74) is 1.11. The van der Waals surface area contributed by atoms with Gasteiger partial charge in [0.1, 0.15) is 0 Å². The normalized spacial score (nSPS) is 9.71. The third kappa shape index (κ3) is 2.55. The van der Waals surface area contributed by atoms with Gasteiger partial charge in [-0.1, -0.05) is 25.4 Å². The lowest BCUT2D eigenvalue weighted by Gasteiger charge is -1.98. The standard InChI is InChI=1S/C9H6ClFN2O2.C2H6/c1-5-2-3-13-4-6(9(14)15-11)12-8(13)7(5)10;1-2/h2-4H,1H3;1-2H3. The molecule has 0 N–H and O–H groups in total. The Morgan fingerprint density at radius 1 is 1.53 bits per heavy atom. The van der Waals surface area contributed by atoms with Crippen molar-refractivity contribution in [2.45, 2.75) is 20.8 Å². The van der Waals surface area contributed by atoms with Crippen LogP contribution in [0.2, 0.25) is 5.02 Å². The summed E-state index contributed by atoms with van der Waals surface area (Å²) in [7, 11) is 0. The van der Waals surface area contributed by atoms with Crippen molar-refractivity contribution in [1.82, 2.24) is 9.38 Å². The number of fused-ring (bicyclic) bond motifs is 1. The molecule has 0 atom stereocenters. The molecule has 2 aromatic rings. The third-order valence-electron chi connectivity index (χ3n) is 2.04. The van der Waals surface area contributed by atoms with Gasteiger partial charge in [0.2, 0.25) is 0 Å². The lowest BCUT2D eigenvalue weighted by molar-refractivity contribution is -0.0792. The van der Waals surface area contributed by atoms with Gasteiger partial charge in [-0.15, -0.1) is 0 Å².